The van der Waals surface area contributed by atoms with E-state index in [-0.39, 0.29) is 11.2 Å². The van der Waals surface area contributed by atoms with Crippen LogP contribution in [0.2, 0.25) is 0 Å². The molecular formula is C25H27NO3S. The van der Waals surface area contributed by atoms with Gasteiger partial charge in [0.1, 0.15) is 0 Å². The van der Waals surface area contributed by atoms with Crippen LogP contribution in [0.25, 0.3) is 0 Å². The van der Waals surface area contributed by atoms with Crippen molar-refractivity contribution in [3.05, 3.63) is 90.0 Å². The van der Waals surface area contributed by atoms with Gasteiger partial charge < -0.3 is 14.4 Å². The molecule has 0 saturated heterocycles. The van der Waals surface area contributed by atoms with Crippen LogP contribution in [0, 0.1) is 0 Å². The van der Waals surface area contributed by atoms with Crippen molar-refractivity contribution in [2.75, 3.05) is 14.2 Å². The zero-order valence-electron chi connectivity index (χ0n) is 17.6. The summed E-state index contributed by atoms with van der Waals surface area (Å²) in [5, 5.41) is -0.240. The highest BCUT2D eigenvalue weighted by molar-refractivity contribution is 8.00. The smallest absolute Gasteiger partial charge is 0.236 e. The maximum atomic E-state index is 13.4. The van der Waals surface area contributed by atoms with Crippen molar-refractivity contribution in [3.8, 4) is 11.5 Å². The molecule has 3 aromatic rings. The summed E-state index contributed by atoms with van der Waals surface area (Å²) in [6.07, 6.45) is 0. The molecule has 1 atom stereocenters. The molecule has 0 spiro atoms. The number of nitrogens with zero attached hydrogens (tertiary/aromatic N) is 1. The minimum Gasteiger partial charge on any atom is -0.493 e. The summed E-state index contributed by atoms with van der Waals surface area (Å²) < 4.78 is 10.7. The van der Waals surface area contributed by atoms with Gasteiger partial charge >= 0.3 is 0 Å². The molecule has 3 aromatic carbocycles. The third-order valence-corrected chi connectivity index (χ3v) is 5.84. The number of hydrogen-bond acceptors (Lipinski definition) is 4. The van der Waals surface area contributed by atoms with Gasteiger partial charge in [0.15, 0.2) is 11.5 Å². The van der Waals surface area contributed by atoms with Gasteiger partial charge in [-0.15, -0.1) is 11.8 Å². The van der Waals surface area contributed by atoms with Crippen LogP contribution in [-0.4, -0.2) is 30.3 Å². The lowest BCUT2D eigenvalue weighted by Gasteiger charge is -2.26. The Morgan fingerprint density at radius 2 is 1.37 bits per heavy atom. The second-order valence-corrected chi connectivity index (χ2v) is 8.36. The van der Waals surface area contributed by atoms with E-state index >= 15 is 0 Å². The molecule has 5 heteroatoms. The summed E-state index contributed by atoms with van der Waals surface area (Å²) in [6, 6.07) is 25.9. The monoisotopic (exact) mass is 421 g/mol. The highest BCUT2D eigenvalue weighted by atomic mass is 32.2. The van der Waals surface area contributed by atoms with Gasteiger partial charge in [-0.2, -0.15) is 0 Å². The first-order chi connectivity index (χ1) is 14.6. The van der Waals surface area contributed by atoms with Crippen molar-refractivity contribution >= 4 is 17.7 Å². The maximum Gasteiger partial charge on any atom is 0.236 e. The van der Waals surface area contributed by atoms with E-state index in [0.717, 1.165) is 16.0 Å². The molecule has 1 unspecified atom stereocenters. The first kappa shape index (κ1) is 21.8. The number of hydrogen-bond donors (Lipinski definition) is 0. The van der Waals surface area contributed by atoms with E-state index < -0.39 is 0 Å². The van der Waals surface area contributed by atoms with E-state index in [9.17, 15) is 4.79 Å². The van der Waals surface area contributed by atoms with Crippen LogP contribution < -0.4 is 9.47 Å². The number of carbonyl (C=O) groups excluding carboxylic acids is 1. The maximum absolute atomic E-state index is 13.4. The molecule has 4 nitrogen and oxygen atoms in total. The lowest BCUT2D eigenvalue weighted by atomic mass is 10.1. The lowest BCUT2D eigenvalue weighted by Crippen LogP contribution is -2.35. The summed E-state index contributed by atoms with van der Waals surface area (Å²) in [5.74, 6) is 1.44. The Bertz CT molecular complexity index is 906. The molecule has 0 N–H and O–H groups in total. The standard InChI is InChI=1S/C25H27NO3S/c1-19(30-22-14-15-23(28-2)24(16-22)29-3)25(27)26(17-20-10-6-4-7-11-20)18-21-12-8-5-9-13-21/h4-16,19H,17-18H2,1-3H3. The zero-order valence-corrected chi connectivity index (χ0v) is 18.4. The molecule has 0 radical (unpaired) electrons. The van der Waals surface area contributed by atoms with Crippen LogP contribution in [0.3, 0.4) is 0 Å². The Labute approximate surface area is 182 Å². The highest BCUT2D eigenvalue weighted by Crippen LogP contribution is 2.34. The van der Waals surface area contributed by atoms with E-state index in [1.165, 1.54) is 11.8 Å². The SMILES string of the molecule is COc1ccc(SC(C)C(=O)N(Cc2ccccc2)Cc2ccccc2)cc1OC. The molecule has 0 aliphatic heterocycles. The van der Waals surface area contributed by atoms with E-state index in [1.807, 2.05) is 66.4 Å². The second kappa shape index (κ2) is 10.7. The first-order valence-corrected chi connectivity index (χ1v) is 10.7. The van der Waals surface area contributed by atoms with Gasteiger partial charge in [-0.3, -0.25) is 4.79 Å². The fourth-order valence-corrected chi connectivity index (χ4v) is 4.20. The van der Waals surface area contributed by atoms with Crippen molar-refractivity contribution in [2.24, 2.45) is 0 Å². The summed E-state index contributed by atoms with van der Waals surface area (Å²) in [7, 11) is 3.23. The fourth-order valence-electron chi connectivity index (χ4n) is 3.22. The highest BCUT2D eigenvalue weighted by Gasteiger charge is 2.22. The predicted molar refractivity (Wildman–Crippen MR) is 122 cm³/mol. The van der Waals surface area contributed by atoms with E-state index in [0.29, 0.717) is 24.6 Å². The average Bonchev–Trinajstić information content (AvgIpc) is 2.79. The molecule has 3 rings (SSSR count). The van der Waals surface area contributed by atoms with Gasteiger partial charge in [0.25, 0.3) is 0 Å². The third-order valence-electron chi connectivity index (χ3n) is 4.76. The molecule has 156 valence electrons. The quantitative estimate of drug-likeness (QED) is 0.433. The first-order valence-electron chi connectivity index (χ1n) is 9.86. The van der Waals surface area contributed by atoms with Gasteiger partial charge in [0.05, 0.1) is 19.5 Å². The van der Waals surface area contributed by atoms with Crippen molar-refractivity contribution < 1.29 is 14.3 Å². The molecule has 30 heavy (non-hydrogen) atoms. The van der Waals surface area contributed by atoms with Gasteiger partial charge in [-0.05, 0) is 36.2 Å². The van der Waals surface area contributed by atoms with Crippen molar-refractivity contribution in [2.45, 2.75) is 30.2 Å². The largest absolute Gasteiger partial charge is 0.493 e. The molecule has 0 saturated carbocycles. The van der Waals surface area contributed by atoms with Crippen molar-refractivity contribution in [1.29, 1.82) is 0 Å². The number of ether oxygens (including phenoxy) is 2. The molecule has 0 aliphatic carbocycles. The predicted octanol–water partition coefficient (Wildman–Crippen LogP) is 5.41. The van der Waals surface area contributed by atoms with E-state index in [2.05, 4.69) is 24.3 Å². The van der Waals surface area contributed by atoms with Crippen LogP contribution in [0.1, 0.15) is 18.1 Å². The normalized spacial score (nSPS) is 11.6. The minimum absolute atomic E-state index is 0.0995. The molecule has 0 fully saturated rings. The topological polar surface area (TPSA) is 38.8 Å². The molecule has 0 bridgehead atoms. The van der Waals surface area contributed by atoms with Gasteiger partial charge in [-0.1, -0.05) is 60.7 Å². The van der Waals surface area contributed by atoms with Crippen LogP contribution in [-0.2, 0) is 17.9 Å². The van der Waals surface area contributed by atoms with Crippen molar-refractivity contribution in [3.63, 3.8) is 0 Å². The van der Waals surface area contributed by atoms with Crippen LogP contribution in [0.5, 0.6) is 11.5 Å². The molecular weight excluding hydrogens is 394 g/mol. The number of amides is 1. The minimum atomic E-state index is -0.240. The van der Waals surface area contributed by atoms with Gasteiger partial charge in [0, 0.05) is 18.0 Å². The Hall–Kier alpha value is -2.92. The zero-order chi connectivity index (χ0) is 21.3. The fraction of sp³-hybridized carbons (Fsp3) is 0.240. The number of thioether (sulfide) groups is 1. The molecule has 1 amide bonds. The summed E-state index contributed by atoms with van der Waals surface area (Å²) in [5.41, 5.74) is 2.23. The van der Waals surface area contributed by atoms with Crippen LogP contribution in [0.4, 0.5) is 0 Å². The summed E-state index contributed by atoms with van der Waals surface area (Å²) in [6.45, 7) is 3.10. The summed E-state index contributed by atoms with van der Waals surface area (Å²) >= 11 is 1.52. The van der Waals surface area contributed by atoms with Crippen LogP contribution >= 0.6 is 11.8 Å². The van der Waals surface area contributed by atoms with Gasteiger partial charge in [-0.25, -0.2) is 0 Å². The molecule has 0 aromatic heterocycles. The molecule has 0 aliphatic rings. The Kier molecular flexibility index (Phi) is 7.80. The summed E-state index contributed by atoms with van der Waals surface area (Å²) in [4.78, 5) is 16.3. The number of methoxy groups -OCH3 is 2. The number of rotatable bonds is 9. The van der Waals surface area contributed by atoms with E-state index in [4.69, 9.17) is 9.47 Å². The molecule has 0 heterocycles. The Morgan fingerprint density at radius 1 is 0.833 bits per heavy atom. The third kappa shape index (κ3) is 5.80. The lowest BCUT2D eigenvalue weighted by molar-refractivity contribution is -0.131. The second-order valence-electron chi connectivity index (χ2n) is 6.94. The van der Waals surface area contributed by atoms with Crippen LogP contribution in [0.15, 0.2) is 83.8 Å². The van der Waals surface area contributed by atoms with Gasteiger partial charge in [0.2, 0.25) is 5.91 Å². The van der Waals surface area contributed by atoms with E-state index in [1.54, 1.807) is 14.2 Å². The Morgan fingerprint density at radius 3 is 1.87 bits per heavy atom. The average molecular weight is 422 g/mol. The Balaban J connectivity index is 1.77. The number of benzene rings is 3. The van der Waals surface area contributed by atoms with Crippen molar-refractivity contribution in [1.82, 2.24) is 4.90 Å². The number of carbonyl (C=O) groups is 1.